The number of amides is 1. The highest BCUT2D eigenvalue weighted by molar-refractivity contribution is 7.90. The molecule has 0 radical (unpaired) electrons. The van der Waals surface area contributed by atoms with Crippen molar-refractivity contribution in [2.45, 2.75) is 31.3 Å². The van der Waals surface area contributed by atoms with Gasteiger partial charge in [0.25, 0.3) is 10.0 Å². The second-order valence-electron chi connectivity index (χ2n) is 8.40. The molecule has 0 bridgehead atoms. The van der Waals surface area contributed by atoms with Crippen LogP contribution in [0, 0.1) is 0 Å². The summed E-state index contributed by atoms with van der Waals surface area (Å²) in [6.07, 6.45) is 2.66. The van der Waals surface area contributed by atoms with Crippen LogP contribution in [0.4, 0.5) is 5.69 Å². The monoisotopic (exact) mass is 466 g/mol. The minimum absolute atomic E-state index is 0.0712. The Hall–Kier alpha value is -2.94. The van der Waals surface area contributed by atoms with Gasteiger partial charge in [0, 0.05) is 50.7 Å². The lowest BCUT2D eigenvalue weighted by atomic mass is 10.2. The normalized spacial score (nSPS) is 15.8. The van der Waals surface area contributed by atoms with Crippen molar-refractivity contribution in [2.24, 2.45) is 0 Å². The molecule has 0 atom stereocenters. The summed E-state index contributed by atoms with van der Waals surface area (Å²) in [5, 5.41) is 2.79. The van der Waals surface area contributed by atoms with E-state index in [1.807, 2.05) is 24.3 Å². The summed E-state index contributed by atoms with van der Waals surface area (Å²) in [5.41, 5.74) is 2.79. The maximum Gasteiger partial charge on any atom is 0.267 e. The van der Waals surface area contributed by atoms with Crippen LogP contribution in [0.3, 0.4) is 0 Å². The quantitative estimate of drug-likeness (QED) is 0.578. The van der Waals surface area contributed by atoms with E-state index >= 15 is 0 Å². The van der Waals surface area contributed by atoms with Crippen LogP contribution in [-0.2, 0) is 27.9 Å². The van der Waals surface area contributed by atoms with Crippen molar-refractivity contribution in [3.63, 3.8) is 0 Å². The van der Waals surface area contributed by atoms with Gasteiger partial charge in [-0.3, -0.25) is 14.6 Å². The highest BCUT2D eigenvalue weighted by Gasteiger charge is 2.21. The standard InChI is InChI=1S/C25H30N4O3S/c1-21(30)26-23-12-10-22(11-13-23)19-27-14-6-15-28(18-17-27)20-24-7-5-16-29(24)33(31,32)25-8-3-2-4-9-25/h2-5,7-13,16H,6,14-15,17-20H2,1H3,(H,26,30). The zero-order valence-electron chi connectivity index (χ0n) is 18.9. The third-order valence-electron chi connectivity index (χ3n) is 5.84. The largest absolute Gasteiger partial charge is 0.326 e. The van der Waals surface area contributed by atoms with Crippen molar-refractivity contribution in [3.05, 3.63) is 84.2 Å². The van der Waals surface area contributed by atoms with E-state index in [1.165, 1.54) is 16.5 Å². The fourth-order valence-electron chi connectivity index (χ4n) is 4.19. The van der Waals surface area contributed by atoms with Crippen molar-refractivity contribution < 1.29 is 13.2 Å². The van der Waals surface area contributed by atoms with Crippen LogP contribution in [0.2, 0.25) is 0 Å². The molecule has 2 aromatic carbocycles. The van der Waals surface area contributed by atoms with E-state index in [-0.39, 0.29) is 5.91 Å². The number of aromatic nitrogens is 1. The predicted octanol–water partition coefficient (Wildman–Crippen LogP) is 3.39. The van der Waals surface area contributed by atoms with Gasteiger partial charge >= 0.3 is 0 Å². The molecule has 3 aromatic rings. The number of anilines is 1. The van der Waals surface area contributed by atoms with Crippen LogP contribution in [0.15, 0.2) is 77.8 Å². The van der Waals surface area contributed by atoms with E-state index < -0.39 is 10.0 Å². The van der Waals surface area contributed by atoms with E-state index in [9.17, 15) is 13.2 Å². The van der Waals surface area contributed by atoms with Crippen LogP contribution in [-0.4, -0.2) is 54.3 Å². The first-order valence-corrected chi connectivity index (χ1v) is 12.6. The topological polar surface area (TPSA) is 74.7 Å². The Labute approximate surface area is 195 Å². The minimum Gasteiger partial charge on any atom is -0.326 e. The van der Waals surface area contributed by atoms with Crippen LogP contribution in [0.1, 0.15) is 24.6 Å². The SMILES string of the molecule is CC(=O)Nc1ccc(CN2CCCN(Cc3cccn3S(=O)(=O)c3ccccc3)CC2)cc1. The number of carbonyl (C=O) groups excluding carboxylic acids is 1. The Morgan fingerprint density at radius 3 is 2.18 bits per heavy atom. The lowest BCUT2D eigenvalue weighted by Gasteiger charge is -2.22. The third-order valence-corrected chi connectivity index (χ3v) is 7.58. The molecule has 1 saturated heterocycles. The Morgan fingerprint density at radius 1 is 0.848 bits per heavy atom. The maximum atomic E-state index is 13.1. The molecule has 1 N–H and O–H groups in total. The van der Waals surface area contributed by atoms with Crippen LogP contribution in [0.25, 0.3) is 0 Å². The third kappa shape index (κ3) is 5.90. The van der Waals surface area contributed by atoms with Crippen molar-refractivity contribution in [1.29, 1.82) is 0 Å². The number of hydrogen-bond donors (Lipinski definition) is 1. The molecule has 1 fully saturated rings. The molecule has 1 aromatic heterocycles. The summed E-state index contributed by atoms with van der Waals surface area (Å²) < 4.78 is 27.6. The van der Waals surface area contributed by atoms with E-state index in [4.69, 9.17) is 0 Å². The van der Waals surface area contributed by atoms with Crippen molar-refractivity contribution in [1.82, 2.24) is 13.8 Å². The summed E-state index contributed by atoms with van der Waals surface area (Å²) >= 11 is 0. The summed E-state index contributed by atoms with van der Waals surface area (Å²) in [6, 6.07) is 20.2. The van der Waals surface area contributed by atoms with E-state index in [2.05, 4.69) is 27.2 Å². The number of carbonyl (C=O) groups is 1. The number of rotatable bonds is 7. The Balaban J connectivity index is 1.37. The van der Waals surface area contributed by atoms with Gasteiger partial charge in [-0.25, -0.2) is 12.4 Å². The highest BCUT2D eigenvalue weighted by Crippen LogP contribution is 2.19. The molecule has 1 amide bonds. The van der Waals surface area contributed by atoms with Gasteiger partial charge < -0.3 is 5.32 Å². The molecule has 0 saturated carbocycles. The predicted molar refractivity (Wildman–Crippen MR) is 129 cm³/mol. The summed E-state index contributed by atoms with van der Waals surface area (Å²) in [6.45, 7) is 6.66. The molecule has 7 nitrogen and oxygen atoms in total. The first-order valence-electron chi connectivity index (χ1n) is 11.2. The zero-order valence-corrected chi connectivity index (χ0v) is 19.7. The number of hydrogen-bond acceptors (Lipinski definition) is 5. The Bertz CT molecular complexity index is 1170. The van der Waals surface area contributed by atoms with Gasteiger partial charge in [-0.1, -0.05) is 30.3 Å². The molecule has 0 aliphatic carbocycles. The smallest absolute Gasteiger partial charge is 0.267 e. The summed E-state index contributed by atoms with van der Waals surface area (Å²) in [7, 11) is -3.60. The molecular formula is C25H30N4O3S. The van der Waals surface area contributed by atoms with Crippen LogP contribution in [0.5, 0.6) is 0 Å². The maximum absolute atomic E-state index is 13.1. The highest BCUT2D eigenvalue weighted by atomic mass is 32.2. The number of nitrogens with one attached hydrogen (secondary N) is 1. The van der Waals surface area contributed by atoms with Gasteiger partial charge in [-0.2, -0.15) is 0 Å². The molecular weight excluding hydrogens is 436 g/mol. The number of benzene rings is 2. The van der Waals surface area contributed by atoms with E-state index in [0.29, 0.717) is 11.4 Å². The molecule has 4 rings (SSSR count). The minimum atomic E-state index is -3.60. The number of nitrogens with zero attached hydrogens (tertiary/aromatic N) is 3. The van der Waals surface area contributed by atoms with Crippen LogP contribution < -0.4 is 5.32 Å². The molecule has 2 heterocycles. The lowest BCUT2D eigenvalue weighted by molar-refractivity contribution is -0.114. The van der Waals surface area contributed by atoms with Gasteiger partial charge in [0.15, 0.2) is 0 Å². The van der Waals surface area contributed by atoms with Crippen molar-refractivity contribution in [2.75, 3.05) is 31.5 Å². The molecule has 1 aliphatic rings. The molecule has 8 heteroatoms. The van der Waals surface area contributed by atoms with Gasteiger partial charge in [0.1, 0.15) is 0 Å². The van der Waals surface area contributed by atoms with Gasteiger partial charge in [0.05, 0.1) is 4.90 Å². The first-order chi connectivity index (χ1) is 15.9. The first kappa shape index (κ1) is 23.2. The van der Waals surface area contributed by atoms with Crippen molar-refractivity contribution >= 4 is 21.6 Å². The molecule has 33 heavy (non-hydrogen) atoms. The van der Waals surface area contributed by atoms with Gasteiger partial charge in [0.2, 0.25) is 5.91 Å². The Kier molecular flexibility index (Phi) is 7.27. The second-order valence-corrected chi connectivity index (χ2v) is 10.2. The summed E-state index contributed by atoms with van der Waals surface area (Å²) in [4.78, 5) is 16.2. The van der Waals surface area contributed by atoms with Gasteiger partial charge in [-0.05, 0) is 61.5 Å². The lowest BCUT2D eigenvalue weighted by Crippen LogP contribution is -2.31. The second kappa shape index (κ2) is 10.3. The van der Waals surface area contributed by atoms with Crippen molar-refractivity contribution in [3.8, 4) is 0 Å². The molecule has 0 unspecified atom stereocenters. The van der Waals surface area contributed by atoms with E-state index in [0.717, 1.165) is 50.5 Å². The molecule has 1 aliphatic heterocycles. The molecule has 0 spiro atoms. The Morgan fingerprint density at radius 2 is 1.52 bits per heavy atom. The fourth-order valence-corrected chi connectivity index (χ4v) is 5.58. The van der Waals surface area contributed by atoms with Crippen LogP contribution >= 0.6 is 0 Å². The fraction of sp³-hybridized carbons (Fsp3) is 0.320. The average molecular weight is 467 g/mol. The zero-order chi connectivity index (χ0) is 23.3. The van der Waals surface area contributed by atoms with E-state index in [1.54, 1.807) is 36.5 Å². The summed E-state index contributed by atoms with van der Waals surface area (Å²) in [5.74, 6) is -0.0712. The average Bonchev–Trinajstić information content (AvgIpc) is 3.16. The molecule has 174 valence electrons. The van der Waals surface area contributed by atoms with Gasteiger partial charge in [-0.15, -0.1) is 0 Å².